The number of benzene rings is 3. The minimum absolute atomic E-state index is 0.789. The number of rotatable bonds is 6. The van der Waals surface area contributed by atoms with Crippen molar-refractivity contribution in [1.29, 1.82) is 0 Å². The largest absolute Gasteiger partial charge is 0.281 e. The summed E-state index contributed by atoms with van der Waals surface area (Å²) in [4.78, 5) is 30.7. The van der Waals surface area contributed by atoms with Crippen LogP contribution < -0.4 is 0 Å². The lowest BCUT2D eigenvalue weighted by Gasteiger charge is -2.24. The summed E-state index contributed by atoms with van der Waals surface area (Å²) in [6.07, 6.45) is 13.9. The topological polar surface area (TPSA) is 92.1 Å². The van der Waals surface area contributed by atoms with Gasteiger partial charge in [-0.3, -0.25) is 13.7 Å². The van der Waals surface area contributed by atoms with E-state index in [4.69, 9.17) is 29.9 Å². The molecule has 3 aromatic carbocycles. The molecule has 1 aliphatic rings. The number of imidazole rings is 3. The summed E-state index contributed by atoms with van der Waals surface area (Å²) in [5.74, 6) is 2.44. The van der Waals surface area contributed by atoms with Crippen LogP contribution in [-0.2, 0) is 0 Å². The zero-order chi connectivity index (χ0) is 36.3. The molecule has 0 N–H and O–H groups in total. The Morgan fingerprint density at radius 1 is 0.463 bits per heavy atom. The third-order valence-electron chi connectivity index (χ3n) is 10.5. The van der Waals surface area contributed by atoms with Gasteiger partial charge in [-0.15, -0.1) is 0 Å². The maximum Gasteiger partial charge on any atom is 0.164 e. The highest BCUT2D eigenvalue weighted by molar-refractivity contribution is 5.94. The Labute approximate surface area is 311 Å². The zero-order valence-electron chi connectivity index (χ0n) is 30.1. The molecular weight excluding hydrogens is 667 g/mol. The number of allylic oxidation sites excluding steroid dienone is 4. The lowest BCUT2D eigenvalue weighted by molar-refractivity contribution is 0.950. The number of pyridine rings is 3. The Bertz CT molecular complexity index is 2820. The Hall–Kier alpha value is -7.00. The molecule has 0 bridgehead atoms. The van der Waals surface area contributed by atoms with Crippen LogP contribution in [0, 0.1) is 20.8 Å². The number of fused-ring (bicyclic) bond motifs is 3. The molecule has 6 heterocycles. The average molecular weight is 702 g/mol. The monoisotopic (exact) mass is 701 g/mol. The lowest BCUT2D eigenvalue weighted by Crippen LogP contribution is -2.10. The van der Waals surface area contributed by atoms with Gasteiger partial charge in [0.1, 0.15) is 34.0 Å². The lowest BCUT2D eigenvalue weighted by atomic mass is 9.86. The van der Waals surface area contributed by atoms with Gasteiger partial charge in [-0.1, -0.05) is 48.6 Å². The minimum atomic E-state index is 0.789. The molecule has 54 heavy (non-hydrogen) atoms. The third-order valence-corrected chi connectivity index (χ3v) is 10.5. The molecule has 0 saturated carbocycles. The smallest absolute Gasteiger partial charge is 0.164 e. The Morgan fingerprint density at radius 3 is 1.28 bits per heavy atom. The molecule has 0 fully saturated rings. The van der Waals surface area contributed by atoms with Crippen molar-refractivity contribution >= 4 is 39.2 Å². The highest BCUT2D eigenvalue weighted by Gasteiger charge is 2.30. The van der Waals surface area contributed by atoms with Crippen LogP contribution in [0.25, 0.3) is 84.7 Å². The Morgan fingerprint density at radius 2 is 0.870 bits per heavy atom. The van der Waals surface area contributed by atoms with Crippen molar-refractivity contribution in [3.8, 4) is 45.5 Å². The summed E-state index contributed by atoms with van der Waals surface area (Å²) in [7, 11) is 0. The predicted octanol–water partition coefficient (Wildman–Crippen LogP) is 10.0. The van der Waals surface area contributed by atoms with Crippen molar-refractivity contribution in [2.24, 2.45) is 0 Å². The second kappa shape index (κ2) is 12.6. The third kappa shape index (κ3) is 4.85. The number of aromatic nitrogens is 9. The summed E-state index contributed by atoms with van der Waals surface area (Å²) in [6.45, 7) is 6.59. The summed E-state index contributed by atoms with van der Waals surface area (Å²) >= 11 is 0. The van der Waals surface area contributed by atoms with Gasteiger partial charge in [-0.05, 0) is 117 Å². The first-order chi connectivity index (χ1) is 26.6. The molecule has 10 rings (SSSR count). The summed E-state index contributed by atoms with van der Waals surface area (Å²) in [5, 5.41) is 0. The van der Waals surface area contributed by atoms with Crippen molar-refractivity contribution < 1.29 is 0 Å². The second-order valence-corrected chi connectivity index (χ2v) is 13.6. The van der Waals surface area contributed by atoms with Crippen LogP contribution in [0.15, 0.2) is 134 Å². The molecule has 0 saturated heterocycles. The van der Waals surface area contributed by atoms with E-state index in [1.807, 2.05) is 67.1 Å². The van der Waals surface area contributed by atoms with Crippen LogP contribution in [0.4, 0.5) is 0 Å². The molecule has 260 valence electrons. The van der Waals surface area contributed by atoms with Gasteiger partial charge in [0, 0.05) is 52.4 Å². The van der Waals surface area contributed by atoms with E-state index in [1.165, 1.54) is 0 Å². The van der Waals surface area contributed by atoms with Crippen LogP contribution in [-0.4, -0.2) is 43.6 Å². The molecule has 9 aromatic rings. The molecule has 0 radical (unpaired) electrons. The van der Waals surface area contributed by atoms with Crippen molar-refractivity contribution in [1.82, 2.24) is 43.6 Å². The molecule has 0 aliphatic heterocycles. The number of nitrogens with zero attached hydrogens (tertiary/aromatic N) is 9. The van der Waals surface area contributed by atoms with E-state index in [2.05, 4.69) is 101 Å². The van der Waals surface area contributed by atoms with Gasteiger partial charge in [0.15, 0.2) is 16.9 Å². The maximum atomic E-state index is 5.38. The molecule has 9 heteroatoms. The van der Waals surface area contributed by atoms with Crippen molar-refractivity contribution in [2.45, 2.75) is 33.6 Å². The van der Waals surface area contributed by atoms with E-state index in [0.717, 1.165) is 114 Å². The van der Waals surface area contributed by atoms with Gasteiger partial charge >= 0.3 is 0 Å². The van der Waals surface area contributed by atoms with E-state index in [9.17, 15) is 0 Å². The Kier molecular flexibility index (Phi) is 7.40. The predicted molar refractivity (Wildman–Crippen MR) is 216 cm³/mol. The highest BCUT2D eigenvalue weighted by atomic mass is 15.2. The van der Waals surface area contributed by atoms with Crippen molar-refractivity contribution in [3.05, 3.63) is 151 Å². The zero-order valence-corrected chi connectivity index (χ0v) is 30.1. The standard InChI is InChI=1S/C45H35N9/c1-28-37(43-49-34-22-13-25-46-40(34)52(43)31-16-7-4-8-17-31)29(2)39(45-51-36-24-15-27-48-42(36)54(45)33-20-11-6-12-21-33)30(3)38(28)44-50-35-23-14-26-47-41(35)53(44)32-18-9-5-10-19-32/h4-11,13-20,22-27H,12,21H2,1-3H3. The van der Waals surface area contributed by atoms with Crippen LogP contribution in [0.3, 0.4) is 0 Å². The van der Waals surface area contributed by atoms with Gasteiger partial charge in [-0.25, -0.2) is 29.9 Å². The summed E-state index contributed by atoms with van der Waals surface area (Å²) in [5.41, 5.74) is 14.2. The maximum absolute atomic E-state index is 5.38. The molecule has 0 spiro atoms. The normalized spacial score (nSPS) is 13.0. The first-order valence-corrected chi connectivity index (χ1v) is 18.2. The summed E-state index contributed by atoms with van der Waals surface area (Å²) in [6, 6.07) is 32.6. The molecule has 6 aromatic heterocycles. The second-order valence-electron chi connectivity index (χ2n) is 13.6. The minimum Gasteiger partial charge on any atom is -0.281 e. The van der Waals surface area contributed by atoms with E-state index in [-0.39, 0.29) is 0 Å². The molecule has 0 amide bonds. The highest BCUT2D eigenvalue weighted by Crippen LogP contribution is 2.46. The van der Waals surface area contributed by atoms with Gasteiger partial charge in [-0.2, -0.15) is 0 Å². The van der Waals surface area contributed by atoms with Crippen LogP contribution in [0.5, 0.6) is 0 Å². The SMILES string of the molecule is Cc1c(-c2nc3cccnc3n2C2=CC=CCC2)c(C)c(-c2nc3cccnc3n2-c2ccccc2)c(C)c1-c1nc2cccnc2n1-c1ccccc1. The quantitative estimate of drug-likeness (QED) is 0.171. The van der Waals surface area contributed by atoms with E-state index < -0.39 is 0 Å². The fraction of sp³-hybridized carbons (Fsp3) is 0.111. The van der Waals surface area contributed by atoms with Crippen molar-refractivity contribution in [3.63, 3.8) is 0 Å². The Balaban J connectivity index is 1.38. The molecule has 0 atom stereocenters. The fourth-order valence-corrected chi connectivity index (χ4v) is 8.16. The average Bonchev–Trinajstić information content (AvgIpc) is 3.90. The first-order valence-electron chi connectivity index (χ1n) is 18.2. The molecule has 9 nitrogen and oxygen atoms in total. The first kappa shape index (κ1) is 31.7. The number of hydrogen-bond acceptors (Lipinski definition) is 6. The van der Waals surface area contributed by atoms with Crippen LogP contribution >= 0.6 is 0 Å². The van der Waals surface area contributed by atoms with Crippen LogP contribution in [0.2, 0.25) is 0 Å². The van der Waals surface area contributed by atoms with Gasteiger partial charge in [0.25, 0.3) is 0 Å². The van der Waals surface area contributed by atoms with Gasteiger partial charge in [0.2, 0.25) is 0 Å². The van der Waals surface area contributed by atoms with E-state index in [1.54, 1.807) is 0 Å². The van der Waals surface area contributed by atoms with E-state index >= 15 is 0 Å². The molecule has 0 unspecified atom stereocenters. The summed E-state index contributed by atoms with van der Waals surface area (Å²) < 4.78 is 6.60. The van der Waals surface area contributed by atoms with Crippen LogP contribution in [0.1, 0.15) is 29.5 Å². The van der Waals surface area contributed by atoms with E-state index in [0.29, 0.717) is 0 Å². The van der Waals surface area contributed by atoms with Gasteiger partial charge < -0.3 is 0 Å². The molecule has 1 aliphatic carbocycles. The fourth-order valence-electron chi connectivity index (χ4n) is 8.16. The van der Waals surface area contributed by atoms with Crippen molar-refractivity contribution in [2.75, 3.05) is 0 Å². The number of hydrogen-bond donors (Lipinski definition) is 0. The molecular formula is C45H35N9. The number of para-hydroxylation sites is 2. The van der Waals surface area contributed by atoms with Gasteiger partial charge in [0.05, 0.1) is 0 Å².